The first-order valence-corrected chi connectivity index (χ1v) is 10.7. The predicted molar refractivity (Wildman–Crippen MR) is 120 cm³/mol. The molecule has 0 radical (unpaired) electrons. The number of hydrogen-bond donors (Lipinski definition) is 2. The van der Waals surface area contributed by atoms with Crippen LogP contribution in [0.1, 0.15) is 34.4 Å². The van der Waals surface area contributed by atoms with Crippen LogP contribution in [0, 0.1) is 10.1 Å². The van der Waals surface area contributed by atoms with Gasteiger partial charge in [-0.1, -0.05) is 28.1 Å². The molecule has 0 unspecified atom stereocenters. The summed E-state index contributed by atoms with van der Waals surface area (Å²) in [4.78, 5) is 23.5. The summed E-state index contributed by atoms with van der Waals surface area (Å²) in [6.07, 6.45) is -3.88. The summed E-state index contributed by atoms with van der Waals surface area (Å²) >= 11 is 3.30. The minimum Gasteiger partial charge on any atom is -0.496 e. The molecule has 0 saturated carbocycles. The second kappa shape index (κ2) is 8.97. The van der Waals surface area contributed by atoms with Crippen molar-refractivity contribution in [1.82, 2.24) is 9.78 Å². The molecule has 0 aliphatic carbocycles. The Hall–Kier alpha value is -3.61. The lowest BCUT2D eigenvalue weighted by Gasteiger charge is -2.34. The number of non-ortho nitro benzene ring substituents is 1. The number of carbonyl (C=O) groups is 1. The third kappa shape index (κ3) is 4.69. The number of ether oxygens (including phenoxy) is 1. The van der Waals surface area contributed by atoms with E-state index >= 15 is 0 Å². The van der Waals surface area contributed by atoms with Crippen molar-refractivity contribution in [2.24, 2.45) is 0 Å². The number of alkyl halides is 3. The first-order valence-electron chi connectivity index (χ1n) is 9.88. The highest BCUT2D eigenvalue weighted by Crippen LogP contribution is 2.44. The quantitative estimate of drug-likeness (QED) is 0.328. The minimum atomic E-state index is -4.60. The average Bonchev–Trinajstić information content (AvgIpc) is 3.22. The van der Waals surface area contributed by atoms with Gasteiger partial charge in [0.15, 0.2) is 6.04 Å². The van der Waals surface area contributed by atoms with Crippen molar-refractivity contribution >= 4 is 39.0 Å². The maximum atomic E-state index is 13.9. The predicted octanol–water partition coefficient (Wildman–Crippen LogP) is 5.48. The van der Waals surface area contributed by atoms with Crippen molar-refractivity contribution < 1.29 is 27.6 Å². The van der Waals surface area contributed by atoms with Crippen LogP contribution in [0.15, 0.2) is 53.1 Å². The lowest BCUT2D eigenvalue weighted by atomic mass is 9.96. The van der Waals surface area contributed by atoms with Crippen LogP contribution >= 0.6 is 15.9 Å². The number of benzene rings is 2. The SMILES string of the molecule is COc1cc(NC(=O)c2cnn3c2N[C@@H](c2ccc(Br)cc2)C[C@H]3C(F)(F)F)cc([N+](=O)[O-])c1. The Labute approximate surface area is 199 Å². The summed E-state index contributed by atoms with van der Waals surface area (Å²) in [5.74, 6) is -0.753. The Morgan fingerprint density at radius 3 is 2.62 bits per heavy atom. The molecule has 2 N–H and O–H groups in total. The van der Waals surface area contributed by atoms with Gasteiger partial charge in [0.05, 0.1) is 36.0 Å². The molecule has 34 heavy (non-hydrogen) atoms. The molecule has 9 nitrogen and oxygen atoms in total. The van der Waals surface area contributed by atoms with Gasteiger partial charge in [0.2, 0.25) is 0 Å². The number of methoxy groups -OCH3 is 1. The number of rotatable bonds is 5. The number of carbonyl (C=O) groups excluding carboxylic acids is 1. The van der Waals surface area contributed by atoms with Crippen LogP contribution in [0.4, 0.5) is 30.4 Å². The number of nitrogens with one attached hydrogen (secondary N) is 2. The molecule has 0 fully saturated rings. The highest BCUT2D eigenvalue weighted by molar-refractivity contribution is 9.10. The first kappa shape index (κ1) is 23.5. The smallest absolute Gasteiger partial charge is 0.410 e. The lowest BCUT2D eigenvalue weighted by Crippen LogP contribution is -2.36. The number of nitrogens with zero attached hydrogens (tertiary/aromatic N) is 3. The van der Waals surface area contributed by atoms with Crippen LogP contribution in [0.3, 0.4) is 0 Å². The van der Waals surface area contributed by atoms with Gasteiger partial charge in [-0.2, -0.15) is 18.3 Å². The van der Waals surface area contributed by atoms with Crippen molar-refractivity contribution in [2.45, 2.75) is 24.7 Å². The van der Waals surface area contributed by atoms with Gasteiger partial charge in [-0.05, 0) is 17.7 Å². The lowest BCUT2D eigenvalue weighted by molar-refractivity contribution is -0.384. The molecule has 13 heteroatoms. The third-order valence-electron chi connectivity index (χ3n) is 5.35. The summed E-state index contributed by atoms with van der Waals surface area (Å²) in [6, 6.07) is 7.79. The van der Waals surface area contributed by atoms with Gasteiger partial charge in [0.25, 0.3) is 11.6 Å². The Bertz CT molecular complexity index is 1250. The van der Waals surface area contributed by atoms with E-state index < -0.39 is 29.1 Å². The number of amides is 1. The van der Waals surface area contributed by atoms with Crippen LogP contribution in [0.25, 0.3) is 0 Å². The fraction of sp³-hybridized carbons (Fsp3) is 0.238. The molecule has 2 heterocycles. The molecule has 1 amide bonds. The molecule has 3 aromatic rings. The van der Waals surface area contributed by atoms with Crippen LogP contribution in [0.5, 0.6) is 5.75 Å². The molecule has 0 spiro atoms. The van der Waals surface area contributed by atoms with Crippen LogP contribution in [-0.4, -0.2) is 33.9 Å². The number of anilines is 2. The van der Waals surface area contributed by atoms with E-state index in [0.29, 0.717) is 5.56 Å². The maximum absolute atomic E-state index is 13.9. The summed E-state index contributed by atoms with van der Waals surface area (Å²) in [6.45, 7) is 0. The molecule has 2 aromatic carbocycles. The first-order chi connectivity index (χ1) is 16.1. The van der Waals surface area contributed by atoms with Crippen molar-refractivity contribution in [1.29, 1.82) is 0 Å². The number of nitro benzene ring substituents is 1. The molecular formula is C21H17BrF3N5O4. The zero-order chi connectivity index (χ0) is 24.6. The molecule has 178 valence electrons. The molecule has 0 bridgehead atoms. The van der Waals surface area contributed by atoms with Crippen molar-refractivity contribution in [3.63, 3.8) is 0 Å². The Balaban J connectivity index is 1.69. The van der Waals surface area contributed by atoms with Crippen LogP contribution in [-0.2, 0) is 0 Å². The van der Waals surface area contributed by atoms with Gasteiger partial charge in [-0.3, -0.25) is 14.9 Å². The summed E-state index contributed by atoms with van der Waals surface area (Å²) < 4.78 is 48.1. The highest BCUT2D eigenvalue weighted by atomic mass is 79.9. The van der Waals surface area contributed by atoms with Crippen molar-refractivity contribution in [3.8, 4) is 5.75 Å². The van der Waals surface area contributed by atoms with E-state index in [2.05, 4.69) is 31.7 Å². The van der Waals surface area contributed by atoms with E-state index in [0.717, 1.165) is 21.4 Å². The molecule has 4 rings (SSSR count). The van der Waals surface area contributed by atoms with E-state index in [1.807, 2.05) is 0 Å². The average molecular weight is 540 g/mol. The monoisotopic (exact) mass is 539 g/mol. The minimum absolute atomic E-state index is 0.0450. The second-order valence-electron chi connectivity index (χ2n) is 7.52. The molecule has 1 aromatic heterocycles. The number of fused-ring (bicyclic) bond motifs is 1. The maximum Gasteiger partial charge on any atom is 0.410 e. The fourth-order valence-corrected chi connectivity index (χ4v) is 3.98. The fourth-order valence-electron chi connectivity index (χ4n) is 3.72. The zero-order valence-corrected chi connectivity index (χ0v) is 19.1. The van der Waals surface area contributed by atoms with Crippen molar-refractivity contribution in [2.75, 3.05) is 17.7 Å². The molecular weight excluding hydrogens is 523 g/mol. The van der Waals surface area contributed by atoms with E-state index in [1.54, 1.807) is 24.3 Å². The Morgan fingerprint density at radius 2 is 2.00 bits per heavy atom. The third-order valence-corrected chi connectivity index (χ3v) is 5.88. The molecule has 1 aliphatic rings. The highest BCUT2D eigenvalue weighted by Gasteiger charge is 2.47. The number of halogens is 4. The van der Waals surface area contributed by atoms with Crippen LogP contribution in [0.2, 0.25) is 0 Å². The van der Waals surface area contributed by atoms with Crippen LogP contribution < -0.4 is 15.4 Å². The number of hydrogen-bond acceptors (Lipinski definition) is 6. The van der Waals surface area contributed by atoms with Gasteiger partial charge >= 0.3 is 6.18 Å². The molecule has 2 atom stereocenters. The van der Waals surface area contributed by atoms with E-state index in [1.165, 1.54) is 19.2 Å². The summed E-state index contributed by atoms with van der Waals surface area (Å²) in [5, 5.41) is 20.4. The van der Waals surface area contributed by atoms with E-state index in [4.69, 9.17) is 4.74 Å². The zero-order valence-electron chi connectivity index (χ0n) is 17.5. The Morgan fingerprint density at radius 1 is 1.29 bits per heavy atom. The van der Waals surface area contributed by atoms with Gasteiger partial charge in [0, 0.05) is 23.0 Å². The van der Waals surface area contributed by atoms with Gasteiger partial charge in [-0.15, -0.1) is 0 Å². The van der Waals surface area contributed by atoms with Gasteiger partial charge < -0.3 is 15.4 Å². The second-order valence-corrected chi connectivity index (χ2v) is 8.44. The number of aromatic nitrogens is 2. The Kier molecular flexibility index (Phi) is 6.21. The number of nitro groups is 1. The topological polar surface area (TPSA) is 111 Å². The van der Waals surface area contributed by atoms with Gasteiger partial charge in [-0.25, -0.2) is 4.68 Å². The van der Waals surface area contributed by atoms with Crippen molar-refractivity contribution in [3.05, 3.63) is 74.4 Å². The summed E-state index contributed by atoms with van der Waals surface area (Å²) in [5.41, 5.74) is 0.196. The van der Waals surface area contributed by atoms with Gasteiger partial charge in [0.1, 0.15) is 17.1 Å². The molecule has 1 aliphatic heterocycles. The molecule has 0 saturated heterocycles. The largest absolute Gasteiger partial charge is 0.496 e. The van der Waals surface area contributed by atoms with E-state index in [9.17, 15) is 28.1 Å². The van der Waals surface area contributed by atoms with E-state index in [-0.39, 0.29) is 34.9 Å². The standard InChI is InChI=1S/C21H17BrF3N5O4/c1-34-15-7-13(6-14(8-15)30(32)33)27-20(31)16-10-26-29-18(21(23,24)25)9-17(28-19(16)29)11-2-4-12(22)5-3-11/h2-8,10,17-18,28H,9H2,1H3,(H,27,31)/t17-,18+/m1/s1. The normalized spacial score (nSPS) is 17.4. The summed E-state index contributed by atoms with van der Waals surface area (Å²) in [7, 11) is 1.31.